The minimum absolute atomic E-state index is 0.151. The molecule has 26 heavy (non-hydrogen) atoms. The summed E-state index contributed by atoms with van der Waals surface area (Å²) in [7, 11) is 1.63. The van der Waals surface area contributed by atoms with E-state index in [2.05, 4.69) is 10.6 Å². The highest BCUT2D eigenvalue weighted by molar-refractivity contribution is 5.92. The summed E-state index contributed by atoms with van der Waals surface area (Å²) in [6.07, 6.45) is 0.242. The Balaban J connectivity index is 1.60. The highest BCUT2D eigenvalue weighted by atomic mass is 19.1. The van der Waals surface area contributed by atoms with Crippen LogP contribution in [-0.2, 0) is 11.2 Å². The second-order valence-corrected chi connectivity index (χ2v) is 5.75. The van der Waals surface area contributed by atoms with E-state index in [0.717, 1.165) is 22.7 Å². The van der Waals surface area contributed by atoms with Crippen molar-refractivity contribution in [3.63, 3.8) is 0 Å². The fraction of sp³-hybridized carbons (Fsp3) is 0.0952. The maximum Gasteiger partial charge on any atom is 0.228 e. The van der Waals surface area contributed by atoms with Crippen molar-refractivity contribution in [1.29, 1.82) is 0 Å². The monoisotopic (exact) mass is 350 g/mol. The van der Waals surface area contributed by atoms with Gasteiger partial charge in [0, 0.05) is 11.4 Å². The van der Waals surface area contributed by atoms with E-state index in [1.54, 1.807) is 7.11 Å². The second kappa shape index (κ2) is 8.16. The molecule has 0 saturated heterocycles. The zero-order chi connectivity index (χ0) is 18.4. The molecule has 3 aromatic rings. The van der Waals surface area contributed by atoms with Crippen molar-refractivity contribution >= 4 is 23.0 Å². The van der Waals surface area contributed by atoms with E-state index in [9.17, 15) is 9.18 Å². The van der Waals surface area contributed by atoms with Crippen LogP contribution in [0.15, 0.2) is 72.8 Å². The Morgan fingerprint density at radius 3 is 2.27 bits per heavy atom. The van der Waals surface area contributed by atoms with Gasteiger partial charge in [-0.25, -0.2) is 4.39 Å². The molecule has 0 aromatic heterocycles. The number of halogens is 1. The Morgan fingerprint density at radius 2 is 1.58 bits per heavy atom. The molecule has 5 heteroatoms. The predicted molar refractivity (Wildman–Crippen MR) is 101 cm³/mol. The van der Waals surface area contributed by atoms with Gasteiger partial charge in [0.25, 0.3) is 0 Å². The van der Waals surface area contributed by atoms with Crippen LogP contribution >= 0.6 is 0 Å². The van der Waals surface area contributed by atoms with E-state index >= 15 is 0 Å². The molecule has 4 nitrogen and oxygen atoms in total. The molecule has 0 bridgehead atoms. The van der Waals surface area contributed by atoms with E-state index in [1.165, 1.54) is 24.3 Å². The molecule has 0 saturated carbocycles. The number of hydrogen-bond acceptors (Lipinski definition) is 3. The zero-order valence-electron chi connectivity index (χ0n) is 14.3. The van der Waals surface area contributed by atoms with Crippen molar-refractivity contribution in [3.8, 4) is 5.75 Å². The van der Waals surface area contributed by atoms with Crippen molar-refractivity contribution in [2.75, 3.05) is 17.7 Å². The van der Waals surface area contributed by atoms with Gasteiger partial charge in [-0.2, -0.15) is 0 Å². The summed E-state index contributed by atoms with van der Waals surface area (Å²) in [6, 6.07) is 21.0. The van der Waals surface area contributed by atoms with Gasteiger partial charge in [-0.05, 0) is 54.1 Å². The smallest absolute Gasteiger partial charge is 0.228 e. The van der Waals surface area contributed by atoms with E-state index in [-0.39, 0.29) is 18.1 Å². The standard InChI is InChI=1S/C21H19FN2O2/c1-26-20-5-3-2-4-19(20)23-17-10-6-15(7-11-17)14-21(25)24-18-12-8-16(22)9-13-18/h2-13,23H,14H2,1H3,(H,24,25). The molecule has 0 atom stereocenters. The number of para-hydroxylation sites is 2. The summed E-state index contributed by atoms with van der Waals surface area (Å²) in [4.78, 5) is 12.1. The van der Waals surface area contributed by atoms with Crippen LogP contribution in [0.2, 0.25) is 0 Å². The van der Waals surface area contributed by atoms with Gasteiger partial charge >= 0.3 is 0 Å². The highest BCUT2D eigenvalue weighted by Gasteiger charge is 2.06. The molecule has 2 N–H and O–H groups in total. The van der Waals surface area contributed by atoms with Gasteiger partial charge in [-0.3, -0.25) is 4.79 Å². The van der Waals surface area contributed by atoms with Gasteiger partial charge in [0.05, 0.1) is 19.2 Å². The molecule has 0 radical (unpaired) electrons. The van der Waals surface area contributed by atoms with Crippen LogP contribution in [0.3, 0.4) is 0 Å². The number of methoxy groups -OCH3 is 1. The molecule has 0 aliphatic heterocycles. The third kappa shape index (κ3) is 4.60. The lowest BCUT2D eigenvalue weighted by atomic mass is 10.1. The number of rotatable bonds is 6. The Kier molecular flexibility index (Phi) is 5.49. The number of hydrogen-bond donors (Lipinski definition) is 2. The molecule has 132 valence electrons. The molecule has 3 rings (SSSR count). The van der Waals surface area contributed by atoms with Crippen LogP contribution in [0.1, 0.15) is 5.56 Å². The first-order chi connectivity index (χ1) is 12.6. The van der Waals surface area contributed by atoms with Gasteiger partial charge in [-0.15, -0.1) is 0 Å². The summed E-state index contributed by atoms with van der Waals surface area (Å²) in [5.74, 6) is 0.276. The zero-order valence-corrected chi connectivity index (χ0v) is 14.3. The minimum atomic E-state index is -0.332. The summed E-state index contributed by atoms with van der Waals surface area (Å²) in [5, 5.41) is 6.04. The Morgan fingerprint density at radius 1 is 0.923 bits per heavy atom. The van der Waals surface area contributed by atoms with Crippen molar-refractivity contribution in [3.05, 3.63) is 84.2 Å². The fourth-order valence-electron chi connectivity index (χ4n) is 2.53. The number of nitrogens with one attached hydrogen (secondary N) is 2. The number of anilines is 3. The molecule has 0 aliphatic rings. The average molecular weight is 350 g/mol. The molecule has 0 heterocycles. The van der Waals surface area contributed by atoms with Crippen LogP contribution in [0, 0.1) is 5.82 Å². The van der Waals surface area contributed by atoms with Crippen LogP contribution in [0.25, 0.3) is 0 Å². The van der Waals surface area contributed by atoms with Crippen LogP contribution in [-0.4, -0.2) is 13.0 Å². The maximum absolute atomic E-state index is 12.9. The SMILES string of the molecule is COc1ccccc1Nc1ccc(CC(=O)Nc2ccc(F)cc2)cc1. The maximum atomic E-state index is 12.9. The van der Waals surface area contributed by atoms with Gasteiger partial charge in [0.15, 0.2) is 0 Å². The topological polar surface area (TPSA) is 50.4 Å². The first-order valence-electron chi connectivity index (χ1n) is 8.18. The molecule has 1 amide bonds. The number of benzene rings is 3. The molecule has 0 spiro atoms. The van der Waals surface area contributed by atoms with Gasteiger partial charge in [0.1, 0.15) is 11.6 Å². The third-order valence-corrected chi connectivity index (χ3v) is 3.83. The van der Waals surface area contributed by atoms with Gasteiger partial charge < -0.3 is 15.4 Å². The molecular formula is C21H19FN2O2. The first kappa shape index (κ1) is 17.5. The minimum Gasteiger partial charge on any atom is -0.495 e. The van der Waals surface area contributed by atoms with Crippen molar-refractivity contribution in [1.82, 2.24) is 0 Å². The Labute approximate surface area is 151 Å². The second-order valence-electron chi connectivity index (χ2n) is 5.75. The Hall–Kier alpha value is -3.34. The summed E-state index contributed by atoms with van der Waals surface area (Å²) >= 11 is 0. The number of carbonyl (C=O) groups is 1. The lowest BCUT2D eigenvalue weighted by Gasteiger charge is -2.11. The van der Waals surface area contributed by atoms with Gasteiger partial charge in [0.2, 0.25) is 5.91 Å². The molecule has 0 unspecified atom stereocenters. The number of ether oxygens (including phenoxy) is 1. The van der Waals surface area contributed by atoms with Crippen LogP contribution in [0.4, 0.5) is 21.5 Å². The third-order valence-electron chi connectivity index (χ3n) is 3.83. The van der Waals surface area contributed by atoms with Gasteiger partial charge in [-0.1, -0.05) is 24.3 Å². The fourth-order valence-corrected chi connectivity index (χ4v) is 2.53. The van der Waals surface area contributed by atoms with Crippen molar-refractivity contribution < 1.29 is 13.9 Å². The van der Waals surface area contributed by atoms with E-state index < -0.39 is 0 Å². The summed E-state index contributed by atoms with van der Waals surface area (Å²) < 4.78 is 18.2. The van der Waals surface area contributed by atoms with E-state index in [0.29, 0.717) is 5.69 Å². The molecular weight excluding hydrogens is 331 g/mol. The van der Waals surface area contributed by atoms with Crippen LogP contribution in [0.5, 0.6) is 5.75 Å². The largest absolute Gasteiger partial charge is 0.495 e. The van der Waals surface area contributed by atoms with E-state index in [1.807, 2.05) is 48.5 Å². The summed E-state index contributed by atoms with van der Waals surface area (Å²) in [6.45, 7) is 0. The normalized spacial score (nSPS) is 10.2. The number of amides is 1. The molecule has 0 fully saturated rings. The molecule has 3 aromatic carbocycles. The molecule has 0 aliphatic carbocycles. The number of carbonyl (C=O) groups excluding carboxylic acids is 1. The lowest BCUT2D eigenvalue weighted by Crippen LogP contribution is -2.14. The predicted octanol–water partition coefficient (Wildman–Crippen LogP) is 4.76. The Bertz CT molecular complexity index is 877. The quantitative estimate of drug-likeness (QED) is 0.674. The van der Waals surface area contributed by atoms with Crippen molar-refractivity contribution in [2.45, 2.75) is 6.42 Å². The summed E-state index contributed by atoms with van der Waals surface area (Å²) in [5.41, 5.74) is 3.23. The lowest BCUT2D eigenvalue weighted by molar-refractivity contribution is -0.115. The van der Waals surface area contributed by atoms with Crippen LogP contribution < -0.4 is 15.4 Å². The average Bonchev–Trinajstić information content (AvgIpc) is 2.65. The van der Waals surface area contributed by atoms with E-state index in [4.69, 9.17) is 4.74 Å². The highest BCUT2D eigenvalue weighted by Crippen LogP contribution is 2.27. The van der Waals surface area contributed by atoms with Crippen molar-refractivity contribution in [2.24, 2.45) is 0 Å². The first-order valence-corrected chi connectivity index (χ1v) is 8.18.